The maximum Gasteiger partial charge on any atom is 0.256 e. The number of hydrogen-bond acceptors (Lipinski definition) is 1. The monoisotopic (exact) mass is 445 g/mol. The molecule has 0 spiro atoms. The summed E-state index contributed by atoms with van der Waals surface area (Å²) in [5.41, 5.74) is 2.31. The zero-order valence-electron chi connectivity index (χ0n) is 10.0. The van der Waals surface area contributed by atoms with E-state index in [0.29, 0.717) is 5.56 Å². The number of hydrogen-bond donors (Lipinski definition) is 1. The van der Waals surface area contributed by atoms with Crippen molar-refractivity contribution in [2.24, 2.45) is 0 Å². The summed E-state index contributed by atoms with van der Waals surface area (Å²) in [4.78, 5) is 12.3. The summed E-state index contributed by atoms with van der Waals surface area (Å²) in [7, 11) is 0. The lowest BCUT2D eigenvalue weighted by Gasteiger charge is -2.11. The van der Waals surface area contributed by atoms with Crippen LogP contribution in [0, 0.1) is 6.92 Å². The average molecular weight is 448 g/mol. The highest BCUT2D eigenvalue weighted by atomic mass is 79.9. The van der Waals surface area contributed by atoms with E-state index in [-0.39, 0.29) is 5.91 Å². The smallest absolute Gasteiger partial charge is 0.256 e. The summed E-state index contributed by atoms with van der Waals surface area (Å²) >= 11 is 10.2. The Kier molecular flexibility index (Phi) is 4.81. The van der Waals surface area contributed by atoms with Gasteiger partial charge in [0.05, 0.1) is 5.69 Å². The Labute approximate surface area is 137 Å². The van der Waals surface area contributed by atoms with Crippen molar-refractivity contribution in [2.45, 2.75) is 6.92 Å². The van der Waals surface area contributed by atoms with Gasteiger partial charge in [-0.25, -0.2) is 0 Å². The van der Waals surface area contributed by atoms with Gasteiger partial charge in [-0.05, 0) is 68.6 Å². The minimum absolute atomic E-state index is 0.133. The Morgan fingerprint density at radius 1 is 1.05 bits per heavy atom. The molecule has 0 atom stereocenters. The third kappa shape index (κ3) is 3.46. The van der Waals surface area contributed by atoms with Gasteiger partial charge in [-0.15, -0.1) is 0 Å². The fraction of sp³-hybridized carbons (Fsp3) is 0.0714. The van der Waals surface area contributed by atoms with Crippen molar-refractivity contribution in [3.8, 4) is 0 Å². The van der Waals surface area contributed by atoms with Gasteiger partial charge >= 0.3 is 0 Å². The van der Waals surface area contributed by atoms with Crippen LogP contribution in [0.5, 0.6) is 0 Å². The number of rotatable bonds is 2. The van der Waals surface area contributed by atoms with Crippen LogP contribution in [0.15, 0.2) is 49.8 Å². The van der Waals surface area contributed by atoms with Crippen LogP contribution in [0.1, 0.15) is 15.9 Å². The first-order chi connectivity index (χ1) is 8.99. The molecule has 0 saturated heterocycles. The van der Waals surface area contributed by atoms with Crippen LogP contribution in [-0.2, 0) is 0 Å². The molecule has 0 bridgehead atoms. The molecule has 0 aliphatic carbocycles. The van der Waals surface area contributed by atoms with Crippen molar-refractivity contribution in [2.75, 3.05) is 5.32 Å². The summed E-state index contributed by atoms with van der Waals surface area (Å²) in [5, 5.41) is 2.91. The van der Waals surface area contributed by atoms with E-state index in [4.69, 9.17) is 0 Å². The molecule has 0 unspecified atom stereocenters. The molecule has 2 rings (SSSR count). The number of carbonyl (C=O) groups is 1. The molecule has 19 heavy (non-hydrogen) atoms. The highest BCUT2D eigenvalue weighted by Gasteiger charge is 2.13. The summed E-state index contributed by atoms with van der Waals surface area (Å²) in [6.07, 6.45) is 0. The molecule has 98 valence electrons. The Bertz CT molecular complexity index is 620. The first kappa shape index (κ1) is 14.8. The summed E-state index contributed by atoms with van der Waals surface area (Å²) in [6, 6.07) is 11.3. The lowest BCUT2D eigenvalue weighted by atomic mass is 10.1. The molecule has 1 N–H and O–H groups in total. The molecule has 0 heterocycles. The predicted molar refractivity (Wildman–Crippen MR) is 88.7 cm³/mol. The van der Waals surface area contributed by atoms with E-state index >= 15 is 0 Å². The van der Waals surface area contributed by atoms with Crippen LogP contribution in [0.25, 0.3) is 0 Å². The van der Waals surface area contributed by atoms with Crippen molar-refractivity contribution < 1.29 is 4.79 Å². The van der Waals surface area contributed by atoms with Crippen molar-refractivity contribution >= 4 is 59.4 Å². The lowest BCUT2D eigenvalue weighted by Crippen LogP contribution is -2.14. The number of halogens is 3. The molecule has 2 aromatic carbocycles. The number of anilines is 1. The normalized spacial score (nSPS) is 10.3. The van der Waals surface area contributed by atoms with Crippen molar-refractivity contribution in [1.29, 1.82) is 0 Å². The first-order valence-electron chi connectivity index (χ1n) is 5.50. The second-order valence-corrected chi connectivity index (χ2v) is 6.63. The van der Waals surface area contributed by atoms with Crippen molar-refractivity contribution in [3.05, 3.63) is 60.9 Å². The molecule has 0 fully saturated rings. The molecule has 0 radical (unpaired) electrons. The standard InChI is InChI=1S/C14H10Br3NO/c1-8-5-6-9(15)7-10(8)14(19)18-13-11(16)3-2-4-12(13)17/h2-7H,1H3,(H,18,19). The molecule has 2 nitrogen and oxygen atoms in total. The zero-order chi connectivity index (χ0) is 14.0. The number of benzene rings is 2. The van der Waals surface area contributed by atoms with E-state index in [2.05, 4.69) is 53.1 Å². The molecule has 0 saturated carbocycles. The lowest BCUT2D eigenvalue weighted by molar-refractivity contribution is 0.102. The zero-order valence-corrected chi connectivity index (χ0v) is 14.8. The fourth-order valence-corrected chi connectivity index (χ4v) is 3.19. The molecule has 5 heteroatoms. The molecule has 0 aliphatic heterocycles. The van der Waals surface area contributed by atoms with Gasteiger partial charge in [0, 0.05) is 19.0 Å². The molecule has 0 aromatic heterocycles. The van der Waals surface area contributed by atoms with Gasteiger partial charge in [0.1, 0.15) is 0 Å². The maximum absolute atomic E-state index is 12.3. The van der Waals surface area contributed by atoms with E-state index in [1.165, 1.54) is 0 Å². The Hall–Kier alpha value is -0.650. The Morgan fingerprint density at radius 3 is 2.32 bits per heavy atom. The highest BCUT2D eigenvalue weighted by Crippen LogP contribution is 2.31. The van der Waals surface area contributed by atoms with E-state index in [1.54, 1.807) is 0 Å². The van der Waals surface area contributed by atoms with Gasteiger partial charge < -0.3 is 5.32 Å². The van der Waals surface area contributed by atoms with Gasteiger partial charge in [-0.1, -0.05) is 28.1 Å². The Balaban J connectivity index is 2.34. The van der Waals surface area contributed by atoms with Crippen LogP contribution in [0.4, 0.5) is 5.69 Å². The summed E-state index contributed by atoms with van der Waals surface area (Å²) in [6.45, 7) is 1.91. The van der Waals surface area contributed by atoms with Gasteiger partial charge in [-0.3, -0.25) is 4.79 Å². The minimum Gasteiger partial charge on any atom is -0.320 e. The molecular formula is C14H10Br3NO. The number of para-hydroxylation sites is 1. The van der Waals surface area contributed by atoms with E-state index in [0.717, 1.165) is 24.7 Å². The third-order valence-corrected chi connectivity index (χ3v) is 4.46. The molecule has 2 aromatic rings. The fourth-order valence-electron chi connectivity index (χ4n) is 1.64. The maximum atomic E-state index is 12.3. The summed E-state index contributed by atoms with van der Waals surface area (Å²) in [5.74, 6) is -0.133. The summed E-state index contributed by atoms with van der Waals surface area (Å²) < 4.78 is 2.56. The van der Waals surface area contributed by atoms with Crippen molar-refractivity contribution in [3.63, 3.8) is 0 Å². The average Bonchev–Trinajstić information content (AvgIpc) is 2.37. The van der Waals surface area contributed by atoms with E-state index in [9.17, 15) is 4.79 Å². The largest absolute Gasteiger partial charge is 0.320 e. The predicted octanol–water partition coefficient (Wildman–Crippen LogP) is 5.53. The molecular weight excluding hydrogens is 438 g/mol. The first-order valence-corrected chi connectivity index (χ1v) is 7.88. The van der Waals surface area contributed by atoms with Gasteiger partial charge in [-0.2, -0.15) is 0 Å². The van der Waals surface area contributed by atoms with Gasteiger partial charge in [0.2, 0.25) is 0 Å². The molecule has 0 aliphatic rings. The van der Waals surface area contributed by atoms with E-state index in [1.807, 2.05) is 43.3 Å². The number of carbonyl (C=O) groups excluding carboxylic acids is 1. The van der Waals surface area contributed by atoms with Crippen LogP contribution in [0.3, 0.4) is 0 Å². The van der Waals surface area contributed by atoms with Gasteiger partial charge in [0.25, 0.3) is 5.91 Å². The third-order valence-electron chi connectivity index (χ3n) is 2.65. The minimum atomic E-state index is -0.133. The molecule has 1 amide bonds. The van der Waals surface area contributed by atoms with E-state index < -0.39 is 0 Å². The topological polar surface area (TPSA) is 29.1 Å². The van der Waals surface area contributed by atoms with Crippen LogP contribution >= 0.6 is 47.8 Å². The van der Waals surface area contributed by atoms with Crippen LogP contribution < -0.4 is 5.32 Å². The SMILES string of the molecule is Cc1ccc(Br)cc1C(=O)Nc1c(Br)cccc1Br. The second-order valence-electron chi connectivity index (χ2n) is 4.01. The number of nitrogens with one attached hydrogen (secondary N) is 1. The van der Waals surface area contributed by atoms with Crippen LogP contribution in [0.2, 0.25) is 0 Å². The number of amides is 1. The van der Waals surface area contributed by atoms with Crippen molar-refractivity contribution in [1.82, 2.24) is 0 Å². The number of aryl methyl sites for hydroxylation is 1. The quantitative estimate of drug-likeness (QED) is 0.643. The van der Waals surface area contributed by atoms with Gasteiger partial charge in [0.15, 0.2) is 0 Å². The second kappa shape index (κ2) is 6.20. The van der Waals surface area contributed by atoms with Crippen LogP contribution in [-0.4, -0.2) is 5.91 Å². The highest BCUT2D eigenvalue weighted by molar-refractivity contribution is 9.11. The Morgan fingerprint density at radius 2 is 1.68 bits per heavy atom.